The van der Waals surface area contributed by atoms with E-state index in [1.165, 1.54) is 6.07 Å². The van der Waals surface area contributed by atoms with Gasteiger partial charge in [0.25, 0.3) is 11.5 Å². The highest BCUT2D eigenvalue weighted by Gasteiger charge is 2.58. The molecule has 0 amide bonds. The summed E-state index contributed by atoms with van der Waals surface area (Å²) in [5, 5.41) is 7.16. The van der Waals surface area contributed by atoms with Crippen LogP contribution in [-0.4, -0.2) is 26.1 Å². The van der Waals surface area contributed by atoms with E-state index in [4.69, 9.17) is 11.6 Å². The van der Waals surface area contributed by atoms with Crippen LogP contribution in [0.15, 0.2) is 21.9 Å². The first kappa shape index (κ1) is 12.9. The van der Waals surface area contributed by atoms with E-state index in [9.17, 15) is 18.4 Å². The number of nitrogens with one attached hydrogen (secondary N) is 2. The summed E-state index contributed by atoms with van der Waals surface area (Å²) >= 11 is 5.76. The van der Waals surface area contributed by atoms with Gasteiger partial charge in [-0.2, -0.15) is 0 Å². The van der Waals surface area contributed by atoms with Crippen molar-refractivity contribution in [1.82, 2.24) is 20.2 Å². The molecule has 0 aromatic carbocycles. The normalized spacial score (nSPS) is 19.9. The van der Waals surface area contributed by atoms with Crippen molar-refractivity contribution in [1.29, 1.82) is 0 Å². The third-order valence-corrected chi connectivity index (χ3v) is 3.37. The Morgan fingerprint density at radius 3 is 2.65 bits per heavy atom. The average molecular weight is 301 g/mol. The standard InChI is InChI=1S/C11H7ClF2N4O2/c12-8-4(6-2-11(6,13)14)1-7(17-18-8)5-3-15-10(20)16-9(5)19/h1,3,6H,2H2,(H2,15,16,19,20). The summed E-state index contributed by atoms with van der Waals surface area (Å²) in [6.45, 7) is 0. The summed E-state index contributed by atoms with van der Waals surface area (Å²) in [6, 6.07) is 1.30. The van der Waals surface area contributed by atoms with Crippen molar-refractivity contribution < 1.29 is 8.78 Å². The Hall–Kier alpha value is -2.09. The van der Waals surface area contributed by atoms with Crippen LogP contribution < -0.4 is 11.2 Å². The van der Waals surface area contributed by atoms with Crippen molar-refractivity contribution in [3.05, 3.63) is 43.8 Å². The van der Waals surface area contributed by atoms with Crippen molar-refractivity contribution in [2.24, 2.45) is 0 Å². The number of aromatic amines is 2. The Kier molecular flexibility index (Phi) is 2.72. The summed E-state index contributed by atoms with van der Waals surface area (Å²) in [4.78, 5) is 26.8. The molecular formula is C11H7ClF2N4O2. The topological polar surface area (TPSA) is 91.5 Å². The van der Waals surface area contributed by atoms with Crippen LogP contribution in [0.1, 0.15) is 17.9 Å². The van der Waals surface area contributed by atoms with E-state index in [1.54, 1.807) is 0 Å². The van der Waals surface area contributed by atoms with Crippen LogP contribution in [0.3, 0.4) is 0 Å². The molecule has 3 rings (SSSR count). The lowest BCUT2D eigenvalue weighted by molar-refractivity contribution is 0.112. The number of hydrogen-bond acceptors (Lipinski definition) is 4. The minimum Gasteiger partial charge on any atom is -0.313 e. The highest BCUT2D eigenvalue weighted by atomic mass is 35.5. The predicted molar refractivity (Wildman–Crippen MR) is 66.0 cm³/mol. The number of rotatable bonds is 2. The highest BCUT2D eigenvalue weighted by Crippen LogP contribution is 2.57. The summed E-state index contributed by atoms with van der Waals surface area (Å²) in [5.41, 5.74) is -1.11. The lowest BCUT2D eigenvalue weighted by Gasteiger charge is -2.04. The first-order valence-electron chi connectivity index (χ1n) is 5.62. The van der Waals surface area contributed by atoms with E-state index >= 15 is 0 Å². The molecule has 2 aromatic heterocycles. The molecule has 1 aliphatic rings. The van der Waals surface area contributed by atoms with Crippen molar-refractivity contribution in [3.63, 3.8) is 0 Å². The zero-order valence-corrected chi connectivity index (χ0v) is 10.5. The molecule has 2 N–H and O–H groups in total. The first-order valence-corrected chi connectivity index (χ1v) is 5.99. The van der Waals surface area contributed by atoms with E-state index < -0.39 is 23.1 Å². The van der Waals surface area contributed by atoms with Gasteiger partial charge in [-0.05, 0) is 6.07 Å². The summed E-state index contributed by atoms with van der Waals surface area (Å²) in [6.07, 6.45) is 0.841. The Morgan fingerprint density at radius 2 is 2.05 bits per heavy atom. The fraction of sp³-hybridized carbons (Fsp3) is 0.273. The summed E-state index contributed by atoms with van der Waals surface area (Å²) < 4.78 is 26.2. The Balaban J connectivity index is 2.10. The van der Waals surface area contributed by atoms with Gasteiger partial charge in [0.15, 0.2) is 5.15 Å². The van der Waals surface area contributed by atoms with Crippen LogP contribution in [0, 0.1) is 0 Å². The SMILES string of the molecule is O=c1[nH]cc(-c2cc(C3CC3(F)F)c(Cl)nn2)c(=O)[nH]1. The molecule has 2 heterocycles. The largest absolute Gasteiger partial charge is 0.325 e. The number of halogens is 3. The van der Waals surface area contributed by atoms with Crippen molar-refractivity contribution in [2.75, 3.05) is 0 Å². The monoisotopic (exact) mass is 300 g/mol. The van der Waals surface area contributed by atoms with Crippen LogP contribution in [0.2, 0.25) is 5.15 Å². The molecule has 20 heavy (non-hydrogen) atoms. The molecule has 104 valence electrons. The minimum absolute atomic E-state index is 0.0268. The second-order valence-corrected chi connectivity index (χ2v) is 4.84. The molecule has 9 heteroatoms. The fourth-order valence-electron chi connectivity index (χ4n) is 1.92. The number of aromatic nitrogens is 4. The molecular weight excluding hydrogens is 294 g/mol. The summed E-state index contributed by atoms with van der Waals surface area (Å²) in [5.74, 6) is -3.81. The minimum atomic E-state index is -2.80. The Bertz CT molecular complexity index is 801. The van der Waals surface area contributed by atoms with Gasteiger partial charge in [-0.25, -0.2) is 13.6 Å². The number of alkyl halides is 2. The van der Waals surface area contributed by atoms with Crippen LogP contribution in [-0.2, 0) is 0 Å². The third-order valence-electron chi connectivity index (χ3n) is 3.07. The van der Waals surface area contributed by atoms with Gasteiger partial charge in [-0.15, -0.1) is 10.2 Å². The first-order chi connectivity index (χ1) is 9.38. The van der Waals surface area contributed by atoms with Gasteiger partial charge in [-0.1, -0.05) is 11.6 Å². The van der Waals surface area contributed by atoms with E-state index in [1.807, 2.05) is 4.98 Å². The molecule has 0 saturated heterocycles. The molecule has 1 saturated carbocycles. The van der Waals surface area contributed by atoms with Crippen molar-refractivity contribution in [2.45, 2.75) is 18.3 Å². The maximum atomic E-state index is 13.1. The second kappa shape index (κ2) is 4.20. The molecule has 0 bridgehead atoms. The quantitative estimate of drug-likeness (QED) is 0.874. The molecule has 1 atom stereocenters. The van der Waals surface area contributed by atoms with Crippen molar-refractivity contribution in [3.8, 4) is 11.3 Å². The van der Waals surface area contributed by atoms with Gasteiger partial charge < -0.3 is 4.98 Å². The van der Waals surface area contributed by atoms with Gasteiger partial charge in [0, 0.05) is 18.2 Å². The maximum absolute atomic E-state index is 13.1. The molecule has 1 unspecified atom stereocenters. The molecule has 0 aliphatic heterocycles. The van der Waals surface area contributed by atoms with E-state index in [0.717, 1.165) is 6.20 Å². The van der Waals surface area contributed by atoms with Gasteiger partial charge in [0.05, 0.1) is 11.5 Å². The molecule has 6 nitrogen and oxygen atoms in total. The average Bonchev–Trinajstić information content (AvgIpc) is 2.99. The Morgan fingerprint density at radius 1 is 1.35 bits per heavy atom. The number of H-pyrrole nitrogens is 2. The summed E-state index contributed by atoms with van der Waals surface area (Å²) in [7, 11) is 0. The molecule has 1 fully saturated rings. The van der Waals surface area contributed by atoms with E-state index in [0.29, 0.717) is 0 Å². The number of hydrogen-bond donors (Lipinski definition) is 2. The van der Waals surface area contributed by atoms with Crippen LogP contribution in [0.4, 0.5) is 8.78 Å². The molecule has 2 aromatic rings. The van der Waals surface area contributed by atoms with Gasteiger partial charge >= 0.3 is 5.69 Å². The van der Waals surface area contributed by atoms with Crippen molar-refractivity contribution >= 4 is 11.6 Å². The smallest absolute Gasteiger partial charge is 0.313 e. The molecule has 1 aliphatic carbocycles. The van der Waals surface area contributed by atoms with E-state index in [2.05, 4.69) is 15.2 Å². The predicted octanol–water partition coefficient (Wildman–Crippen LogP) is 1.30. The molecule has 0 spiro atoms. The molecule has 0 radical (unpaired) electrons. The Labute approximate surface area is 114 Å². The van der Waals surface area contributed by atoms with Gasteiger partial charge in [0.2, 0.25) is 0 Å². The zero-order valence-electron chi connectivity index (χ0n) is 9.78. The lowest BCUT2D eigenvalue weighted by Crippen LogP contribution is -2.23. The lowest BCUT2D eigenvalue weighted by atomic mass is 10.1. The van der Waals surface area contributed by atoms with Crippen LogP contribution in [0.25, 0.3) is 11.3 Å². The van der Waals surface area contributed by atoms with Gasteiger partial charge in [0.1, 0.15) is 5.69 Å². The van der Waals surface area contributed by atoms with Gasteiger partial charge in [-0.3, -0.25) is 9.78 Å². The maximum Gasteiger partial charge on any atom is 0.325 e. The van der Waals surface area contributed by atoms with Crippen LogP contribution >= 0.6 is 11.6 Å². The third kappa shape index (κ3) is 2.11. The number of nitrogens with zero attached hydrogens (tertiary/aromatic N) is 2. The highest BCUT2D eigenvalue weighted by molar-refractivity contribution is 6.30. The van der Waals surface area contributed by atoms with E-state index in [-0.39, 0.29) is 28.4 Å². The van der Waals surface area contributed by atoms with Crippen LogP contribution in [0.5, 0.6) is 0 Å². The fourth-order valence-corrected chi connectivity index (χ4v) is 2.14. The zero-order chi connectivity index (χ0) is 14.5. The second-order valence-electron chi connectivity index (χ2n) is 4.48.